The SMILES string of the molecule is CCCCCCCCCCCCCCCCOc1ccc(Nc2nc(Nc3cccc4ccccc34)nc(Nc3ccc(OCCCCCCCCCCCCCCCC)c4ccccc34)n2)c2ccccc12. The zero-order chi connectivity index (χ0) is 50.4. The first-order chi connectivity index (χ1) is 36.2. The molecule has 8 nitrogen and oxygen atoms in total. The number of nitrogens with one attached hydrogen (secondary N) is 3. The summed E-state index contributed by atoms with van der Waals surface area (Å²) in [6.07, 6.45) is 37.6. The number of nitrogens with zero attached hydrogens (tertiary/aromatic N) is 3. The summed E-state index contributed by atoms with van der Waals surface area (Å²) in [5, 5.41) is 17.1. The number of hydrogen-bond donors (Lipinski definition) is 3. The minimum absolute atomic E-state index is 0.416. The van der Waals surface area contributed by atoms with E-state index in [9.17, 15) is 0 Å². The third-order valence-electron chi connectivity index (χ3n) is 14.4. The molecule has 0 saturated carbocycles. The third kappa shape index (κ3) is 18.5. The Morgan fingerprint density at radius 1 is 0.288 bits per heavy atom. The fraction of sp³-hybridized carbons (Fsp3) is 0.492. The lowest BCUT2D eigenvalue weighted by atomic mass is 10.0. The monoisotopic (exact) mass is 985 g/mol. The van der Waals surface area contributed by atoms with Crippen molar-refractivity contribution in [1.29, 1.82) is 0 Å². The highest BCUT2D eigenvalue weighted by Gasteiger charge is 2.15. The molecular weight excluding hydrogens is 897 g/mol. The minimum atomic E-state index is 0.416. The zero-order valence-corrected chi connectivity index (χ0v) is 44.8. The van der Waals surface area contributed by atoms with Gasteiger partial charge in [-0.25, -0.2) is 0 Å². The molecule has 73 heavy (non-hydrogen) atoms. The average molecular weight is 985 g/mol. The van der Waals surface area contributed by atoms with Gasteiger partial charge >= 0.3 is 0 Å². The molecule has 0 amide bonds. The van der Waals surface area contributed by atoms with Crippen LogP contribution in [0.4, 0.5) is 34.9 Å². The highest BCUT2D eigenvalue weighted by molar-refractivity contribution is 6.00. The second-order valence-corrected chi connectivity index (χ2v) is 20.4. The van der Waals surface area contributed by atoms with Crippen molar-refractivity contribution in [3.05, 3.63) is 115 Å². The van der Waals surface area contributed by atoms with E-state index in [4.69, 9.17) is 24.4 Å². The molecule has 0 aliphatic rings. The second-order valence-electron chi connectivity index (χ2n) is 20.4. The maximum absolute atomic E-state index is 6.45. The molecule has 0 unspecified atom stereocenters. The van der Waals surface area contributed by atoms with Crippen molar-refractivity contribution in [2.45, 2.75) is 194 Å². The molecule has 0 spiro atoms. The number of benzene rings is 6. The van der Waals surface area contributed by atoms with Crippen molar-refractivity contribution in [2.24, 2.45) is 0 Å². The van der Waals surface area contributed by atoms with Gasteiger partial charge < -0.3 is 25.4 Å². The molecule has 1 aromatic heterocycles. The van der Waals surface area contributed by atoms with E-state index in [-0.39, 0.29) is 0 Å². The van der Waals surface area contributed by atoms with E-state index < -0.39 is 0 Å². The van der Waals surface area contributed by atoms with Gasteiger partial charge in [0.25, 0.3) is 0 Å². The van der Waals surface area contributed by atoms with Gasteiger partial charge in [0.1, 0.15) is 11.5 Å². The first kappa shape index (κ1) is 54.9. The summed E-state index contributed by atoms with van der Waals surface area (Å²) in [7, 11) is 0. The Bertz CT molecular complexity index is 2510. The number of unbranched alkanes of at least 4 members (excludes halogenated alkanes) is 26. The van der Waals surface area contributed by atoms with Crippen molar-refractivity contribution in [2.75, 3.05) is 29.2 Å². The van der Waals surface area contributed by atoms with Crippen LogP contribution in [0.2, 0.25) is 0 Å². The average Bonchev–Trinajstić information content (AvgIpc) is 3.42. The van der Waals surface area contributed by atoms with Crippen molar-refractivity contribution in [3.63, 3.8) is 0 Å². The predicted molar refractivity (Wildman–Crippen MR) is 313 cm³/mol. The normalized spacial score (nSPS) is 11.4. The molecule has 390 valence electrons. The fourth-order valence-electron chi connectivity index (χ4n) is 10.2. The molecule has 0 radical (unpaired) electrons. The number of ether oxygens (including phenoxy) is 2. The van der Waals surface area contributed by atoms with E-state index in [0.717, 1.165) is 73.7 Å². The highest BCUT2D eigenvalue weighted by atomic mass is 16.5. The maximum Gasteiger partial charge on any atom is 0.233 e. The van der Waals surface area contributed by atoms with Crippen LogP contribution in [0, 0.1) is 0 Å². The molecule has 7 aromatic rings. The Hall–Kier alpha value is -5.89. The molecule has 0 bridgehead atoms. The van der Waals surface area contributed by atoms with Crippen LogP contribution in [0.25, 0.3) is 32.3 Å². The number of rotatable bonds is 38. The standard InChI is InChI=1S/C65H88N6O2/c1-3-5-7-9-11-13-15-17-19-21-23-25-27-35-50-72-61-48-46-59(54-41-31-33-43-56(54)61)67-64-69-63(66-58-45-37-39-52-38-29-30-40-53(52)58)70-65(71-64)68-60-47-49-62(57-44-34-32-42-55(57)60)73-51-36-28-26-24-22-20-18-16-14-12-10-8-6-4-2/h29-34,37-49H,3-28,35-36,50-51H2,1-2H3,(H3,66,67,68,69,70,71). The van der Waals surface area contributed by atoms with E-state index in [2.05, 4.69) is 145 Å². The summed E-state index contributed by atoms with van der Waals surface area (Å²) in [6.45, 7) is 6.00. The van der Waals surface area contributed by atoms with Gasteiger partial charge in [-0.15, -0.1) is 0 Å². The molecular formula is C65H88N6O2. The molecule has 0 saturated heterocycles. The van der Waals surface area contributed by atoms with Gasteiger partial charge in [0.05, 0.1) is 13.2 Å². The second kappa shape index (κ2) is 32.3. The van der Waals surface area contributed by atoms with E-state index in [1.165, 1.54) is 167 Å². The lowest BCUT2D eigenvalue weighted by Gasteiger charge is -2.16. The van der Waals surface area contributed by atoms with E-state index in [1.807, 2.05) is 0 Å². The Kier molecular flexibility index (Phi) is 24.3. The smallest absolute Gasteiger partial charge is 0.233 e. The van der Waals surface area contributed by atoms with Crippen LogP contribution < -0.4 is 25.4 Å². The number of fused-ring (bicyclic) bond motifs is 3. The first-order valence-corrected chi connectivity index (χ1v) is 29.0. The largest absolute Gasteiger partial charge is 0.493 e. The third-order valence-corrected chi connectivity index (χ3v) is 14.4. The number of anilines is 6. The van der Waals surface area contributed by atoms with Gasteiger partial charge in [-0.05, 0) is 48.6 Å². The first-order valence-electron chi connectivity index (χ1n) is 29.0. The Balaban J connectivity index is 0.954. The van der Waals surface area contributed by atoms with Gasteiger partial charge in [-0.2, -0.15) is 15.0 Å². The number of aromatic nitrogens is 3. The summed E-state index contributed by atoms with van der Waals surface area (Å²) in [5.41, 5.74) is 2.69. The van der Waals surface area contributed by atoms with Gasteiger partial charge in [0, 0.05) is 44.0 Å². The predicted octanol–water partition coefficient (Wildman–Crippen LogP) is 20.3. The van der Waals surface area contributed by atoms with Crippen molar-refractivity contribution < 1.29 is 9.47 Å². The van der Waals surface area contributed by atoms with Gasteiger partial charge in [-0.1, -0.05) is 266 Å². The van der Waals surface area contributed by atoms with Crippen molar-refractivity contribution in [1.82, 2.24) is 15.0 Å². The van der Waals surface area contributed by atoms with E-state index in [1.54, 1.807) is 0 Å². The summed E-state index contributed by atoms with van der Waals surface area (Å²) in [4.78, 5) is 14.9. The van der Waals surface area contributed by atoms with E-state index in [0.29, 0.717) is 31.1 Å². The van der Waals surface area contributed by atoms with Gasteiger partial charge in [0.15, 0.2) is 0 Å². The molecule has 8 heteroatoms. The maximum atomic E-state index is 6.45. The Labute approximate surface area is 439 Å². The Morgan fingerprint density at radius 3 is 0.973 bits per heavy atom. The molecule has 0 atom stereocenters. The van der Waals surface area contributed by atoms with Crippen LogP contribution in [0.15, 0.2) is 115 Å². The topological polar surface area (TPSA) is 93.2 Å². The molecule has 0 aliphatic carbocycles. The van der Waals surface area contributed by atoms with Crippen LogP contribution >= 0.6 is 0 Å². The van der Waals surface area contributed by atoms with Crippen LogP contribution in [0.1, 0.15) is 194 Å². The summed E-state index contributed by atoms with van der Waals surface area (Å²) < 4.78 is 12.9. The van der Waals surface area contributed by atoms with Crippen LogP contribution in [0.3, 0.4) is 0 Å². The zero-order valence-electron chi connectivity index (χ0n) is 44.8. The quantitative estimate of drug-likeness (QED) is 0.0330. The molecule has 0 aliphatic heterocycles. The summed E-state index contributed by atoms with van der Waals surface area (Å²) in [6, 6.07) is 39.6. The lowest BCUT2D eigenvalue weighted by molar-refractivity contribution is 0.307. The number of hydrogen-bond acceptors (Lipinski definition) is 8. The van der Waals surface area contributed by atoms with Crippen LogP contribution in [-0.2, 0) is 0 Å². The molecule has 0 fully saturated rings. The Morgan fingerprint density at radius 2 is 0.589 bits per heavy atom. The molecule has 7 rings (SSSR count). The fourth-order valence-corrected chi connectivity index (χ4v) is 10.2. The lowest BCUT2D eigenvalue weighted by Crippen LogP contribution is -2.08. The molecule has 1 heterocycles. The van der Waals surface area contributed by atoms with Gasteiger partial charge in [0.2, 0.25) is 17.8 Å². The van der Waals surface area contributed by atoms with Gasteiger partial charge in [-0.3, -0.25) is 0 Å². The van der Waals surface area contributed by atoms with E-state index >= 15 is 0 Å². The van der Waals surface area contributed by atoms with Crippen LogP contribution in [-0.4, -0.2) is 28.2 Å². The van der Waals surface area contributed by atoms with Crippen LogP contribution in [0.5, 0.6) is 11.5 Å². The molecule has 6 aromatic carbocycles. The minimum Gasteiger partial charge on any atom is -0.493 e. The molecule has 3 N–H and O–H groups in total. The summed E-state index contributed by atoms with van der Waals surface area (Å²) in [5.74, 6) is 3.04. The van der Waals surface area contributed by atoms with Crippen molar-refractivity contribution in [3.8, 4) is 11.5 Å². The van der Waals surface area contributed by atoms with Crippen molar-refractivity contribution >= 4 is 67.2 Å². The summed E-state index contributed by atoms with van der Waals surface area (Å²) >= 11 is 0. The highest BCUT2D eigenvalue weighted by Crippen LogP contribution is 2.36.